The smallest absolute Gasteiger partial charge is 0.243 e. The van der Waals surface area contributed by atoms with Gasteiger partial charge in [0.25, 0.3) is 0 Å². The summed E-state index contributed by atoms with van der Waals surface area (Å²) in [6.07, 6.45) is 4.10. The van der Waals surface area contributed by atoms with Crippen molar-refractivity contribution in [2.75, 3.05) is 13.1 Å². The van der Waals surface area contributed by atoms with Gasteiger partial charge < -0.3 is 4.79 Å². The van der Waals surface area contributed by atoms with E-state index in [9.17, 15) is 13.2 Å². The van der Waals surface area contributed by atoms with E-state index in [2.05, 4.69) is 0 Å². The fourth-order valence-electron chi connectivity index (χ4n) is 3.31. The largest absolute Gasteiger partial charge is 0.300 e. The fraction of sp³-hybridized carbons (Fsp3) is 0.381. The predicted molar refractivity (Wildman–Crippen MR) is 108 cm³/mol. The zero-order valence-corrected chi connectivity index (χ0v) is 17.0. The van der Waals surface area contributed by atoms with E-state index in [1.54, 1.807) is 29.4 Å². The molecule has 1 heterocycles. The number of rotatable bonds is 6. The van der Waals surface area contributed by atoms with Crippen LogP contribution >= 0.6 is 11.6 Å². The summed E-state index contributed by atoms with van der Waals surface area (Å²) in [7, 11) is -3.50. The normalized spacial score (nSPS) is 15.6. The molecule has 6 heteroatoms. The van der Waals surface area contributed by atoms with Gasteiger partial charge in [-0.05, 0) is 55.5 Å². The Balaban J connectivity index is 1.88. The van der Waals surface area contributed by atoms with Crippen LogP contribution in [-0.4, -0.2) is 31.6 Å². The molecular formula is C21H24ClNO3S. The lowest BCUT2D eigenvalue weighted by Gasteiger charge is -2.26. The van der Waals surface area contributed by atoms with Crippen LogP contribution in [0, 0.1) is 0 Å². The minimum Gasteiger partial charge on any atom is -0.300 e. The number of hydrogen-bond donors (Lipinski definition) is 0. The highest BCUT2D eigenvalue weighted by Crippen LogP contribution is 2.32. The molecule has 0 N–H and O–H groups in total. The molecule has 0 bridgehead atoms. The Morgan fingerprint density at radius 3 is 2.33 bits per heavy atom. The highest BCUT2D eigenvalue weighted by Gasteiger charge is 2.26. The van der Waals surface area contributed by atoms with Crippen LogP contribution in [0.15, 0.2) is 47.4 Å². The zero-order chi connectivity index (χ0) is 19.4. The Morgan fingerprint density at radius 1 is 1.04 bits per heavy atom. The van der Waals surface area contributed by atoms with Crippen molar-refractivity contribution in [1.82, 2.24) is 4.31 Å². The quantitative estimate of drug-likeness (QED) is 0.699. The van der Waals surface area contributed by atoms with Gasteiger partial charge in [-0.15, -0.1) is 0 Å². The van der Waals surface area contributed by atoms with Crippen LogP contribution in [0.4, 0.5) is 0 Å². The van der Waals surface area contributed by atoms with E-state index in [1.165, 1.54) is 0 Å². The maximum Gasteiger partial charge on any atom is 0.243 e. The second-order valence-electron chi connectivity index (χ2n) is 7.01. The number of sulfonamides is 1. The molecule has 1 aliphatic rings. The number of benzene rings is 2. The van der Waals surface area contributed by atoms with E-state index in [0.29, 0.717) is 36.5 Å². The molecule has 1 saturated heterocycles. The van der Waals surface area contributed by atoms with Crippen LogP contribution in [0.25, 0.3) is 11.1 Å². The summed E-state index contributed by atoms with van der Waals surface area (Å²) in [5.74, 6) is 0.165. The first-order chi connectivity index (χ1) is 12.9. The molecule has 0 aromatic heterocycles. The molecule has 0 saturated carbocycles. The summed E-state index contributed by atoms with van der Waals surface area (Å²) in [6, 6.07) is 12.7. The topological polar surface area (TPSA) is 54.5 Å². The average molecular weight is 406 g/mol. The molecule has 0 radical (unpaired) electrons. The molecule has 0 spiro atoms. The van der Waals surface area contributed by atoms with Crippen LogP contribution in [0.1, 0.15) is 38.2 Å². The molecule has 0 atom stereocenters. The number of hydrogen-bond acceptors (Lipinski definition) is 3. The molecule has 1 aliphatic heterocycles. The SMILES string of the molecule is CC(=O)CCc1ccc(-c2cc(S(=O)(=O)N3CCCCC3)ccc2Cl)cc1. The molecule has 1 fully saturated rings. The van der Waals surface area contributed by atoms with Gasteiger partial charge in [-0.25, -0.2) is 8.42 Å². The third-order valence-corrected chi connectivity index (χ3v) is 7.15. The summed E-state index contributed by atoms with van der Waals surface area (Å²) >= 11 is 6.36. The Kier molecular flexibility index (Phi) is 6.35. The number of aryl methyl sites for hydroxylation is 1. The highest BCUT2D eigenvalue weighted by molar-refractivity contribution is 7.89. The molecule has 144 valence electrons. The minimum atomic E-state index is -3.50. The van der Waals surface area contributed by atoms with Crippen molar-refractivity contribution in [2.24, 2.45) is 0 Å². The molecule has 2 aromatic carbocycles. The van der Waals surface area contributed by atoms with Gasteiger partial charge in [-0.3, -0.25) is 0 Å². The third-order valence-electron chi connectivity index (χ3n) is 4.92. The van der Waals surface area contributed by atoms with Crippen molar-refractivity contribution in [1.29, 1.82) is 0 Å². The fourth-order valence-corrected chi connectivity index (χ4v) is 5.08. The predicted octanol–water partition coefficient (Wildman–Crippen LogP) is 4.70. The lowest BCUT2D eigenvalue weighted by atomic mass is 10.0. The zero-order valence-electron chi connectivity index (χ0n) is 15.4. The number of ketones is 1. The van der Waals surface area contributed by atoms with Gasteiger partial charge in [0.05, 0.1) is 4.90 Å². The van der Waals surface area contributed by atoms with Gasteiger partial charge >= 0.3 is 0 Å². The first kappa shape index (κ1) is 20.1. The number of halogens is 1. The Bertz CT molecular complexity index is 917. The third kappa shape index (κ3) is 4.78. The molecule has 4 nitrogen and oxygen atoms in total. The Morgan fingerprint density at radius 2 is 1.70 bits per heavy atom. The van der Waals surface area contributed by atoms with Crippen LogP contribution < -0.4 is 0 Å². The van der Waals surface area contributed by atoms with Gasteiger partial charge in [0.1, 0.15) is 5.78 Å². The molecule has 0 unspecified atom stereocenters. The van der Waals surface area contributed by atoms with Gasteiger partial charge in [0.2, 0.25) is 10.0 Å². The molecule has 3 rings (SSSR count). The van der Waals surface area contributed by atoms with E-state index in [0.717, 1.165) is 30.4 Å². The number of Topliss-reactive ketones (excluding diaryl/α,β-unsaturated/α-hetero) is 1. The van der Waals surface area contributed by atoms with Crippen LogP contribution in [0.5, 0.6) is 0 Å². The number of carbonyl (C=O) groups is 1. The van der Waals surface area contributed by atoms with E-state index in [1.807, 2.05) is 24.3 Å². The number of piperidine rings is 1. The monoisotopic (exact) mass is 405 g/mol. The van der Waals surface area contributed by atoms with E-state index in [4.69, 9.17) is 11.6 Å². The summed E-state index contributed by atoms with van der Waals surface area (Å²) in [5.41, 5.74) is 2.64. The lowest BCUT2D eigenvalue weighted by Crippen LogP contribution is -2.35. The number of carbonyl (C=O) groups excluding carboxylic acids is 1. The molecule has 2 aromatic rings. The minimum absolute atomic E-state index is 0.165. The van der Waals surface area contributed by atoms with Gasteiger partial charge in [0, 0.05) is 30.1 Å². The number of nitrogens with zero attached hydrogens (tertiary/aromatic N) is 1. The second kappa shape index (κ2) is 8.55. The van der Waals surface area contributed by atoms with Crippen LogP contribution in [0.2, 0.25) is 5.02 Å². The molecule has 27 heavy (non-hydrogen) atoms. The first-order valence-corrected chi connectivity index (χ1v) is 11.1. The van der Waals surface area contributed by atoms with Gasteiger partial charge in [-0.2, -0.15) is 4.31 Å². The van der Waals surface area contributed by atoms with Crippen molar-refractivity contribution in [3.8, 4) is 11.1 Å². The highest BCUT2D eigenvalue weighted by atomic mass is 35.5. The van der Waals surface area contributed by atoms with Crippen molar-refractivity contribution in [2.45, 2.75) is 43.9 Å². The van der Waals surface area contributed by atoms with Crippen LogP contribution in [-0.2, 0) is 21.2 Å². The summed E-state index contributed by atoms with van der Waals surface area (Å²) in [6.45, 7) is 2.73. The van der Waals surface area contributed by atoms with E-state index in [-0.39, 0.29) is 10.7 Å². The van der Waals surface area contributed by atoms with E-state index < -0.39 is 10.0 Å². The van der Waals surface area contributed by atoms with Crippen molar-refractivity contribution >= 4 is 27.4 Å². The first-order valence-electron chi connectivity index (χ1n) is 9.26. The Labute approximate surface area is 166 Å². The van der Waals surface area contributed by atoms with E-state index >= 15 is 0 Å². The summed E-state index contributed by atoms with van der Waals surface area (Å²) in [5, 5.41) is 0.518. The summed E-state index contributed by atoms with van der Waals surface area (Å²) < 4.78 is 27.4. The molecule has 0 aliphatic carbocycles. The van der Waals surface area contributed by atoms with Crippen molar-refractivity contribution < 1.29 is 13.2 Å². The maximum atomic E-state index is 12.9. The van der Waals surface area contributed by atoms with Crippen molar-refractivity contribution in [3.05, 3.63) is 53.1 Å². The standard InChI is InChI=1S/C21H24ClNO3S/c1-16(24)5-6-17-7-9-18(10-8-17)20-15-19(11-12-21(20)22)27(25,26)23-13-3-2-4-14-23/h7-12,15H,2-6,13-14H2,1H3. The average Bonchev–Trinajstić information content (AvgIpc) is 2.68. The molecular weight excluding hydrogens is 382 g/mol. The van der Waals surface area contributed by atoms with Gasteiger partial charge in [0.15, 0.2) is 0 Å². The lowest BCUT2D eigenvalue weighted by molar-refractivity contribution is -0.116. The summed E-state index contributed by atoms with van der Waals surface area (Å²) in [4.78, 5) is 11.4. The van der Waals surface area contributed by atoms with Crippen molar-refractivity contribution in [3.63, 3.8) is 0 Å². The maximum absolute atomic E-state index is 12.9. The van der Waals surface area contributed by atoms with Crippen LogP contribution in [0.3, 0.4) is 0 Å². The Hall–Kier alpha value is -1.69. The second-order valence-corrected chi connectivity index (χ2v) is 9.35. The molecule has 0 amide bonds. The van der Waals surface area contributed by atoms with Gasteiger partial charge in [-0.1, -0.05) is 42.3 Å².